The Hall–Kier alpha value is 0.504. The largest absolute Gasteiger partial charge is 2.00 e. The van der Waals surface area contributed by atoms with Gasteiger partial charge in [-0.05, 0) is 13.8 Å². The Kier molecular flexibility index (Phi) is 24.3. The van der Waals surface area contributed by atoms with Crippen LogP contribution in [0.15, 0.2) is 0 Å². The Morgan fingerprint density at radius 1 is 1.33 bits per heavy atom. The maximum absolute atomic E-state index is 8.06. The third kappa shape index (κ3) is 217. The molecule has 1 radical (unpaired) electrons. The minimum atomic E-state index is -0.167. The maximum Gasteiger partial charge on any atom is 0.0483 e. The average Bonchev–Trinajstić information content (AvgIpc) is 0.811. The molecule has 0 rings (SSSR count). The summed E-state index contributed by atoms with van der Waals surface area (Å²) in [6.07, 6.45) is -0.167. The van der Waals surface area contributed by atoms with E-state index in [1.807, 2.05) is 0 Å². The molecule has 0 fully saturated rings. The molecule has 0 aromatic heterocycles. The van der Waals surface area contributed by atoms with Crippen LogP contribution in [0.4, 0.5) is 0 Å². The van der Waals surface area contributed by atoms with Gasteiger partial charge in [0.05, 0.1) is 0 Å². The third-order valence-electron chi connectivity index (χ3n) is 0. The molecule has 0 bridgehead atoms. The number of aliphatic hydroxyl groups is 1. The molecular weight excluding hydrogens is 119 g/mol. The Morgan fingerprint density at radius 2 is 1.33 bits per heavy atom. The van der Waals surface area contributed by atoms with E-state index in [2.05, 4.69) is 0 Å². The molecule has 0 atom stereocenters. The van der Waals surface area contributed by atoms with Crippen molar-refractivity contribution >= 4 is 0 Å². The quantitative estimate of drug-likeness (QED) is 0.498. The van der Waals surface area contributed by atoms with Crippen LogP contribution in [-0.2, 0) is 24.0 Å². The van der Waals surface area contributed by atoms with Gasteiger partial charge in [-0.15, -0.1) is 0 Å². The van der Waals surface area contributed by atoms with E-state index in [0.29, 0.717) is 0 Å². The summed E-state index contributed by atoms with van der Waals surface area (Å²) in [6.45, 7) is 3.44. The number of aliphatic hydroxyl groups excluding tert-OH is 1. The van der Waals surface area contributed by atoms with Crippen molar-refractivity contribution in [2.75, 3.05) is 0 Å². The fourth-order valence-electron chi connectivity index (χ4n) is 0. The normalized spacial score (nSPS) is 6.00. The molecule has 0 saturated carbocycles. The van der Waals surface area contributed by atoms with Gasteiger partial charge in [0.2, 0.25) is 0 Å². The van der Waals surface area contributed by atoms with Crippen LogP contribution in [0.3, 0.4) is 0 Å². The molecule has 1 N–H and O–H groups in total. The first kappa shape index (κ1) is 16.0. The fraction of sp³-hybridized carbons (Fsp3) is 1.00. The Labute approximate surface area is 49.8 Å². The van der Waals surface area contributed by atoms with Gasteiger partial charge in [0.15, 0.2) is 0 Å². The molecule has 3 heteroatoms. The van der Waals surface area contributed by atoms with E-state index in [-0.39, 0.29) is 30.1 Å². The fourth-order valence-corrected chi connectivity index (χ4v) is 0. The molecule has 0 unspecified atom stereocenters. The first-order valence-electron chi connectivity index (χ1n) is 1.41. The van der Waals surface area contributed by atoms with E-state index in [4.69, 9.17) is 5.11 Å². The van der Waals surface area contributed by atoms with Gasteiger partial charge in [0.1, 0.15) is 0 Å². The van der Waals surface area contributed by atoms with E-state index in [1.165, 1.54) is 0 Å². The molecular formula is C3H8O2V-2. The van der Waals surface area contributed by atoms with Crippen LogP contribution in [0.25, 0.3) is 0 Å². The van der Waals surface area contributed by atoms with E-state index in [1.54, 1.807) is 13.8 Å². The monoisotopic (exact) mass is 127 g/mol. The third-order valence-corrected chi connectivity index (χ3v) is 0. The van der Waals surface area contributed by atoms with Crippen molar-refractivity contribution in [3.05, 3.63) is 0 Å². The Morgan fingerprint density at radius 3 is 1.33 bits per heavy atom. The zero-order valence-corrected chi connectivity index (χ0v) is 5.28. The second-order valence-corrected chi connectivity index (χ2v) is 1.09. The van der Waals surface area contributed by atoms with Crippen molar-refractivity contribution in [2.45, 2.75) is 20.0 Å². The first-order valence-corrected chi connectivity index (χ1v) is 1.41. The number of rotatable bonds is 0. The van der Waals surface area contributed by atoms with Crippen molar-refractivity contribution in [3.63, 3.8) is 0 Å². The summed E-state index contributed by atoms with van der Waals surface area (Å²) in [5, 5.41) is 8.06. The van der Waals surface area contributed by atoms with Crippen LogP contribution in [-0.4, -0.2) is 11.2 Å². The predicted molar refractivity (Wildman–Crippen MR) is 18.0 cm³/mol. The van der Waals surface area contributed by atoms with Crippen molar-refractivity contribution in [1.82, 2.24) is 0 Å². The Bertz CT molecular complexity index is 13.5. The summed E-state index contributed by atoms with van der Waals surface area (Å²) in [5.74, 6) is 0. The maximum atomic E-state index is 8.06. The van der Waals surface area contributed by atoms with Gasteiger partial charge in [-0.1, -0.05) is 0 Å². The molecule has 0 aromatic rings. The van der Waals surface area contributed by atoms with E-state index in [0.717, 1.165) is 0 Å². The van der Waals surface area contributed by atoms with Gasteiger partial charge in [0, 0.05) is 24.7 Å². The van der Waals surface area contributed by atoms with Crippen LogP contribution >= 0.6 is 0 Å². The summed E-state index contributed by atoms with van der Waals surface area (Å²) >= 11 is 0. The molecule has 0 aliphatic heterocycles. The molecule has 6 heavy (non-hydrogen) atoms. The van der Waals surface area contributed by atoms with Gasteiger partial charge in [-0.3, -0.25) is 0 Å². The summed E-state index contributed by atoms with van der Waals surface area (Å²) < 4.78 is 0. The van der Waals surface area contributed by atoms with Crippen molar-refractivity contribution in [3.8, 4) is 0 Å². The zero-order valence-electron chi connectivity index (χ0n) is 3.88. The molecule has 0 aromatic carbocycles. The van der Waals surface area contributed by atoms with Crippen LogP contribution in [0.5, 0.6) is 0 Å². The standard InChI is InChI=1S/C3H8O.O.V/c1-3(2)4;;/h3-4H,1-2H3;;/q;-2;. The molecule has 2 nitrogen and oxygen atoms in total. The van der Waals surface area contributed by atoms with Gasteiger partial charge in [-0.2, -0.15) is 0 Å². The molecule has 39 valence electrons. The minimum absolute atomic E-state index is 0. The second-order valence-electron chi connectivity index (χ2n) is 1.09. The molecule has 0 heterocycles. The first-order chi connectivity index (χ1) is 1.73. The topological polar surface area (TPSA) is 48.7 Å². The molecule has 0 aliphatic carbocycles. The molecule has 0 aliphatic rings. The van der Waals surface area contributed by atoms with E-state index in [9.17, 15) is 0 Å². The van der Waals surface area contributed by atoms with Gasteiger partial charge in [-0.25, -0.2) is 0 Å². The number of hydrogen-bond donors (Lipinski definition) is 1. The summed E-state index contributed by atoms with van der Waals surface area (Å²) in [6, 6.07) is 0. The summed E-state index contributed by atoms with van der Waals surface area (Å²) in [4.78, 5) is 0. The SMILES string of the molecule is CC(C)O.[O-2].[V]. The van der Waals surface area contributed by atoms with Crippen molar-refractivity contribution < 1.29 is 29.1 Å². The number of hydrogen-bond acceptors (Lipinski definition) is 1. The van der Waals surface area contributed by atoms with Gasteiger partial charge < -0.3 is 10.6 Å². The van der Waals surface area contributed by atoms with Crippen molar-refractivity contribution in [2.24, 2.45) is 0 Å². The second kappa shape index (κ2) is 9.09. The van der Waals surface area contributed by atoms with Gasteiger partial charge >= 0.3 is 0 Å². The van der Waals surface area contributed by atoms with Crippen LogP contribution in [0.1, 0.15) is 13.8 Å². The predicted octanol–water partition coefficient (Wildman–Crippen LogP) is 0.266. The van der Waals surface area contributed by atoms with E-state index >= 15 is 0 Å². The van der Waals surface area contributed by atoms with Crippen molar-refractivity contribution in [1.29, 1.82) is 0 Å². The Balaban J connectivity index is -0.0000000450. The summed E-state index contributed by atoms with van der Waals surface area (Å²) in [5.41, 5.74) is 0. The van der Waals surface area contributed by atoms with Crippen LogP contribution < -0.4 is 0 Å². The van der Waals surface area contributed by atoms with Crippen LogP contribution in [0.2, 0.25) is 0 Å². The minimum Gasteiger partial charge on any atom is -2.00 e. The molecule has 0 amide bonds. The van der Waals surface area contributed by atoms with Crippen LogP contribution in [0, 0.1) is 0 Å². The zero-order chi connectivity index (χ0) is 3.58. The van der Waals surface area contributed by atoms with Gasteiger partial charge in [0.25, 0.3) is 0 Å². The average molecular weight is 127 g/mol. The van der Waals surface area contributed by atoms with E-state index < -0.39 is 0 Å². The molecule has 0 saturated heterocycles. The molecule has 0 spiro atoms. The smallest absolute Gasteiger partial charge is 0.0483 e. The summed E-state index contributed by atoms with van der Waals surface area (Å²) in [7, 11) is 0.